The predicted molar refractivity (Wildman–Crippen MR) is 55.3 cm³/mol. The van der Waals surface area contributed by atoms with Gasteiger partial charge in [0.25, 0.3) is 0 Å². The van der Waals surface area contributed by atoms with Crippen molar-refractivity contribution in [2.75, 3.05) is 7.11 Å². The lowest BCUT2D eigenvalue weighted by Crippen LogP contribution is -2.36. The number of ether oxygens (including phenoxy) is 1. The average Bonchev–Trinajstić information content (AvgIpc) is 2.45. The van der Waals surface area contributed by atoms with Gasteiger partial charge in [0.05, 0.1) is 25.6 Å². The molecule has 0 aromatic carbocycles. The number of esters is 1. The Kier molecular flexibility index (Phi) is 3.94. The first-order valence-corrected chi connectivity index (χ1v) is 5.16. The minimum Gasteiger partial charge on any atom is -0.469 e. The highest BCUT2D eigenvalue weighted by Gasteiger charge is 2.33. The topological polar surface area (TPSA) is 67.4 Å². The SMILES string of the molecule is COC(=O)C[C@@H]1NC(=O)N[C@H]1CC(C)C. The van der Waals surface area contributed by atoms with Crippen molar-refractivity contribution < 1.29 is 14.3 Å². The van der Waals surface area contributed by atoms with Crippen LogP contribution in [0.5, 0.6) is 0 Å². The minimum atomic E-state index is -0.294. The first-order valence-electron chi connectivity index (χ1n) is 5.16. The molecular weight excluding hydrogens is 196 g/mol. The van der Waals surface area contributed by atoms with Gasteiger partial charge in [-0.25, -0.2) is 4.79 Å². The van der Waals surface area contributed by atoms with E-state index < -0.39 is 0 Å². The molecule has 0 aromatic rings. The summed E-state index contributed by atoms with van der Waals surface area (Å²) in [7, 11) is 1.35. The molecule has 1 fully saturated rings. The van der Waals surface area contributed by atoms with Gasteiger partial charge in [-0.15, -0.1) is 0 Å². The largest absolute Gasteiger partial charge is 0.469 e. The maximum Gasteiger partial charge on any atom is 0.315 e. The quantitative estimate of drug-likeness (QED) is 0.675. The molecule has 15 heavy (non-hydrogen) atoms. The molecular formula is C10H18N2O3. The monoisotopic (exact) mass is 214 g/mol. The number of carbonyl (C=O) groups excluding carboxylic acids is 2. The van der Waals surface area contributed by atoms with E-state index in [4.69, 9.17) is 0 Å². The second-order valence-electron chi connectivity index (χ2n) is 4.24. The van der Waals surface area contributed by atoms with Crippen LogP contribution in [-0.2, 0) is 9.53 Å². The normalized spacial score (nSPS) is 24.9. The molecule has 0 aromatic heterocycles. The third-order valence-corrected chi connectivity index (χ3v) is 2.46. The van der Waals surface area contributed by atoms with E-state index in [9.17, 15) is 9.59 Å². The molecule has 1 aliphatic rings. The van der Waals surface area contributed by atoms with Gasteiger partial charge in [0.2, 0.25) is 0 Å². The smallest absolute Gasteiger partial charge is 0.315 e. The fourth-order valence-electron chi connectivity index (χ4n) is 1.77. The first-order chi connectivity index (χ1) is 7.02. The van der Waals surface area contributed by atoms with Crippen LogP contribution >= 0.6 is 0 Å². The van der Waals surface area contributed by atoms with Crippen LogP contribution in [0.3, 0.4) is 0 Å². The minimum absolute atomic E-state index is 0.0246. The van der Waals surface area contributed by atoms with Gasteiger partial charge in [-0.2, -0.15) is 0 Å². The Hall–Kier alpha value is -1.26. The van der Waals surface area contributed by atoms with Crippen LogP contribution in [0.1, 0.15) is 26.7 Å². The molecule has 86 valence electrons. The van der Waals surface area contributed by atoms with E-state index in [1.54, 1.807) is 0 Å². The van der Waals surface area contributed by atoms with E-state index in [1.165, 1.54) is 7.11 Å². The van der Waals surface area contributed by atoms with Crippen molar-refractivity contribution in [2.24, 2.45) is 5.92 Å². The number of hydrogen-bond acceptors (Lipinski definition) is 3. The molecule has 0 radical (unpaired) electrons. The number of urea groups is 1. The zero-order valence-electron chi connectivity index (χ0n) is 9.37. The molecule has 2 amide bonds. The van der Waals surface area contributed by atoms with E-state index in [2.05, 4.69) is 29.2 Å². The Balaban J connectivity index is 2.52. The van der Waals surface area contributed by atoms with Gasteiger partial charge in [-0.3, -0.25) is 4.79 Å². The third-order valence-electron chi connectivity index (χ3n) is 2.46. The maximum atomic E-state index is 11.1. The standard InChI is InChI=1S/C10H18N2O3/c1-6(2)4-7-8(5-9(13)15-3)12-10(14)11-7/h6-8H,4-5H2,1-3H3,(H2,11,12,14)/t7-,8-/m0/s1. The first kappa shape index (κ1) is 11.8. The lowest BCUT2D eigenvalue weighted by molar-refractivity contribution is -0.141. The van der Waals surface area contributed by atoms with Crippen LogP contribution in [0.2, 0.25) is 0 Å². The lowest BCUT2D eigenvalue weighted by Gasteiger charge is -2.18. The maximum absolute atomic E-state index is 11.1. The number of hydrogen-bond donors (Lipinski definition) is 2. The Bertz CT molecular complexity index is 253. The Morgan fingerprint density at radius 2 is 2.00 bits per heavy atom. The molecule has 2 atom stereocenters. The summed E-state index contributed by atoms with van der Waals surface area (Å²) in [6.45, 7) is 4.17. The van der Waals surface area contributed by atoms with Gasteiger partial charge in [0, 0.05) is 0 Å². The molecule has 5 nitrogen and oxygen atoms in total. The molecule has 1 saturated heterocycles. The molecule has 0 spiro atoms. The van der Waals surface area contributed by atoms with E-state index in [-0.39, 0.29) is 30.5 Å². The summed E-state index contributed by atoms with van der Waals surface area (Å²) >= 11 is 0. The highest BCUT2D eigenvalue weighted by molar-refractivity contribution is 5.79. The van der Waals surface area contributed by atoms with Crippen LogP contribution < -0.4 is 10.6 Å². The zero-order chi connectivity index (χ0) is 11.4. The summed E-state index contributed by atoms with van der Waals surface area (Å²) in [4.78, 5) is 22.2. The van der Waals surface area contributed by atoms with Gasteiger partial charge >= 0.3 is 12.0 Å². The summed E-state index contributed by atoms with van der Waals surface area (Å²) in [6.07, 6.45) is 1.09. The van der Waals surface area contributed by atoms with E-state index in [1.807, 2.05) is 0 Å². The predicted octanol–water partition coefficient (Wildman–Crippen LogP) is 0.646. The molecule has 0 bridgehead atoms. The highest BCUT2D eigenvalue weighted by Crippen LogP contribution is 2.15. The molecule has 1 heterocycles. The van der Waals surface area contributed by atoms with Crippen molar-refractivity contribution in [2.45, 2.75) is 38.8 Å². The van der Waals surface area contributed by atoms with E-state index >= 15 is 0 Å². The van der Waals surface area contributed by atoms with Gasteiger partial charge < -0.3 is 15.4 Å². The molecule has 5 heteroatoms. The summed E-state index contributed by atoms with van der Waals surface area (Å²) in [5, 5.41) is 5.53. The number of methoxy groups -OCH3 is 1. The van der Waals surface area contributed by atoms with Crippen molar-refractivity contribution >= 4 is 12.0 Å². The Labute approximate surface area is 89.6 Å². The fourth-order valence-corrected chi connectivity index (χ4v) is 1.77. The number of amides is 2. The Morgan fingerprint density at radius 3 is 2.53 bits per heavy atom. The zero-order valence-corrected chi connectivity index (χ0v) is 9.37. The van der Waals surface area contributed by atoms with Crippen molar-refractivity contribution in [3.63, 3.8) is 0 Å². The summed E-state index contributed by atoms with van der Waals surface area (Å²) in [5.74, 6) is 0.188. The Morgan fingerprint density at radius 1 is 1.40 bits per heavy atom. The van der Waals surface area contributed by atoms with Gasteiger partial charge in [0.15, 0.2) is 0 Å². The molecule has 1 aliphatic heterocycles. The third kappa shape index (κ3) is 3.42. The second-order valence-corrected chi connectivity index (χ2v) is 4.24. The molecule has 0 unspecified atom stereocenters. The van der Waals surface area contributed by atoms with Crippen LogP contribution in [0.15, 0.2) is 0 Å². The van der Waals surface area contributed by atoms with Crippen molar-refractivity contribution in [1.82, 2.24) is 10.6 Å². The van der Waals surface area contributed by atoms with E-state index in [0.717, 1.165) is 6.42 Å². The molecule has 2 N–H and O–H groups in total. The summed E-state index contributed by atoms with van der Waals surface area (Å²) < 4.78 is 4.58. The second kappa shape index (κ2) is 5.00. The number of rotatable bonds is 4. The number of carbonyl (C=O) groups is 2. The van der Waals surface area contributed by atoms with E-state index in [0.29, 0.717) is 5.92 Å². The van der Waals surface area contributed by atoms with Gasteiger partial charge in [-0.05, 0) is 12.3 Å². The van der Waals surface area contributed by atoms with Crippen LogP contribution in [0.4, 0.5) is 4.79 Å². The molecule has 0 aliphatic carbocycles. The fraction of sp³-hybridized carbons (Fsp3) is 0.800. The summed E-state index contributed by atoms with van der Waals surface area (Å²) in [6, 6.07) is -0.321. The van der Waals surface area contributed by atoms with Crippen LogP contribution in [0, 0.1) is 5.92 Å². The van der Waals surface area contributed by atoms with Crippen molar-refractivity contribution in [3.05, 3.63) is 0 Å². The highest BCUT2D eigenvalue weighted by atomic mass is 16.5. The van der Waals surface area contributed by atoms with Gasteiger partial charge in [-0.1, -0.05) is 13.8 Å². The van der Waals surface area contributed by atoms with Gasteiger partial charge in [0.1, 0.15) is 0 Å². The lowest BCUT2D eigenvalue weighted by atomic mass is 9.97. The van der Waals surface area contributed by atoms with Crippen molar-refractivity contribution in [3.8, 4) is 0 Å². The van der Waals surface area contributed by atoms with Crippen LogP contribution in [-0.4, -0.2) is 31.2 Å². The molecule has 1 rings (SSSR count). The van der Waals surface area contributed by atoms with Crippen LogP contribution in [0.25, 0.3) is 0 Å². The number of nitrogens with one attached hydrogen (secondary N) is 2. The van der Waals surface area contributed by atoms with Crippen molar-refractivity contribution in [1.29, 1.82) is 0 Å². The summed E-state index contributed by atoms with van der Waals surface area (Å²) in [5.41, 5.74) is 0. The average molecular weight is 214 g/mol. The molecule has 0 saturated carbocycles.